The van der Waals surface area contributed by atoms with Crippen LogP contribution in [0.5, 0.6) is 0 Å². The van der Waals surface area contributed by atoms with E-state index in [0.717, 1.165) is 19.4 Å². The van der Waals surface area contributed by atoms with Gasteiger partial charge >= 0.3 is 0 Å². The molecule has 3 amide bonds. The highest BCUT2D eigenvalue weighted by Gasteiger charge is 2.29. The number of carbonyl (C=O) groups is 3. The van der Waals surface area contributed by atoms with Gasteiger partial charge in [0.25, 0.3) is 11.8 Å². The molecule has 180 valence electrons. The average molecular weight is 466 g/mol. The summed E-state index contributed by atoms with van der Waals surface area (Å²) < 4.78 is 13.9. The predicted octanol–water partition coefficient (Wildman–Crippen LogP) is 4.63. The second-order valence-corrected chi connectivity index (χ2v) is 9.35. The standard InChI is InChI=1S/C27H32FN3O3/c28-24-14-5-4-13-23(24)26(33)30-22-12-6-10-20(16-22)27(34)31-15-7-11-21(18-31)25(32)29-17-19-8-2-1-3-9-19/h4-6,10,12-14,16,19,21H,1-3,7-9,11,15,17-18H2,(H,29,32)(H,30,33)/t21-/m0/s1. The maximum atomic E-state index is 13.9. The number of likely N-dealkylation sites (tertiary alicyclic amines) is 1. The number of carbonyl (C=O) groups excluding carboxylic acids is 3. The van der Waals surface area contributed by atoms with Gasteiger partial charge in [0.15, 0.2) is 0 Å². The lowest BCUT2D eigenvalue weighted by atomic mass is 9.89. The molecule has 1 aliphatic carbocycles. The van der Waals surface area contributed by atoms with E-state index in [0.29, 0.717) is 30.3 Å². The van der Waals surface area contributed by atoms with E-state index in [1.165, 1.54) is 50.3 Å². The van der Waals surface area contributed by atoms with Crippen LogP contribution in [0.15, 0.2) is 48.5 Å². The van der Waals surface area contributed by atoms with Crippen LogP contribution in [-0.2, 0) is 4.79 Å². The number of rotatable bonds is 6. The second kappa shape index (κ2) is 11.3. The van der Waals surface area contributed by atoms with Gasteiger partial charge in [-0.15, -0.1) is 0 Å². The molecule has 1 atom stereocenters. The Bertz CT molecular complexity index is 1040. The van der Waals surface area contributed by atoms with E-state index in [4.69, 9.17) is 0 Å². The van der Waals surface area contributed by atoms with Crippen molar-refractivity contribution in [3.05, 3.63) is 65.5 Å². The van der Waals surface area contributed by atoms with E-state index < -0.39 is 11.7 Å². The molecule has 6 nitrogen and oxygen atoms in total. The number of hydrogen-bond acceptors (Lipinski definition) is 3. The van der Waals surface area contributed by atoms with Gasteiger partial charge in [0.2, 0.25) is 5.91 Å². The van der Waals surface area contributed by atoms with Crippen molar-refractivity contribution in [3.8, 4) is 0 Å². The first kappa shape index (κ1) is 23.9. The Hall–Kier alpha value is -3.22. The first-order chi connectivity index (χ1) is 16.5. The third kappa shape index (κ3) is 6.01. The third-order valence-corrected chi connectivity index (χ3v) is 6.85. The van der Waals surface area contributed by atoms with Crippen molar-refractivity contribution in [2.75, 3.05) is 25.0 Å². The van der Waals surface area contributed by atoms with Gasteiger partial charge in [-0.25, -0.2) is 4.39 Å². The Morgan fingerprint density at radius 2 is 1.74 bits per heavy atom. The van der Waals surface area contributed by atoms with Crippen LogP contribution >= 0.6 is 0 Å². The number of amides is 3. The molecule has 0 aromatic heterocycles. The summed E-state index contributed by atoms with van der Waals surface area (Å²) in [6, 6.07) is 12.4. The van der Waals surface area contributed by atoms with Gasteiger partial charge < -0.3 is 15.5 Å². The van der Waals surface area contributed by atoms with Crippen molar-refractivity contribution in [1.82, 2.24) is 10.2 Å². The lowest BCUT2D eigenvalue weighted by Crippen LogP contribution is -2.46. The van der Waals surface area contributed by atoms with E-state index in [9.17, 15) is 18.8 Å². The molecule has 1 saturated heterocycles. The van der Waals surface area contributed by atoms with Crippen LogP contribution in [0.2, 0.25) is 0 Å². The Balaban J connectivity index is 1.35. The van der Waals surface area contributed by atoms with Gasteiger partial charge in [0.1, 0.15) is 5.82 Å². The zero-order valence-electron chi connectivity index (χ0n) is 19.4. The van der Waals surface area contributed by atoms with Crippen molar-refractivity contribution in [2.24, 2.45) is 11.8 Å². The highest BCUT2D eigenvalue weighted by molar-refractivity contribution is 6.05. The number of anilines is 1. The molecule has 0 unspecified atom stereocenters. The Kier molecular flexibility index (Phi) is 7.93. The molecule has 0 radical (unpaired) electrons. The molecule has 7 heteroatoms. The predicted molar refractivity (Wildman–Crippen MR) is 129 cm³/mol. The zero-order valence-corrected chi connectivity index (χ0v) is 19.4. The fourth-order valence-electron chi connectivity index (χ4n) is 4.91. The fraction of sp³-hybridized carbons (Fsp3) is 0.444. The summed E-state index contributed by atoms with van der Waals surface area (Å²) in [6.45, 7) is 1.71. The minimum Gasteiger partial charge on any atom is -0.356 e. The molecule has 2 aromatic rings. The summed E-state index contributed by atoms with van der Waals surface area (Å²) in [5.74, 6) is -0.948. The van der Waals surface area contributed by atoms with Crippen LogP contribution in [0.3, 0.4) is 0 Å². The summed E-state index contributed by atoms with van der Waals surface area (Å²) in [5, 5.41) is 5.78. The van der Waals surface area contributed by atoms with E-state index in [2.05, 4.69) is 10.6 Å². The maximum absolute atomic E-state index is 13.9. The highest BCUT2D eigenvalue weighted by Crippen LogP contribution is 2.24. The molecule has 1 aliphatic heterocycles. The number of hydrogen-bond donors (Lipinski definition) is 2. The summed E-state index contributed by atoms with van der Waals surface area (Å²) >= 11 is 0. The second-order valence-electron chi connectivity index (χ2n) is 9.35. The summed E-state index contributed by atoms with van der Waals surface area (Å²) in [4.78, 5) is 40.0. The Labute approximate surface area is 199 Å². The van der Waals surface area contributed by atoms with Crippen LogP contribution in [0.25, 0.3) is 0 Å². The van der Waals surface area contributed by atoms with Crippen LogP contribution in [0, 0.1) is 17.7 Å². The van der Waals surface area contributed by atoms with E-state index in [1.807, 2.05) is 0 Å². The molecule has 4 rings (SSSR count). The van der Waals surface area contributed by atoms with Crippen LogP contribution in [0.1, 0.15) is 65.7 Å². The molecule has 0 spiro atoms. The largest absolute Gasteiger partial charge is 0.356 e. The summed E-state index contributed by atoms with van der Waals surface area (Å²) in [7, 11) is 0. The maximum Gasteiger partial charge on any atom is 0.258 e. The molecule has 0 bridgehead atoms. The van der Waals surface area contributed by atoms with Crippen molar-refractivity contribution in [1.29, 1.82) is 0 Å². The topological polar surface area (TPSA) is 78.5 Å². The highest BCUT2D eigenvalue weighted by atomic mass is 19.1. The molecule has 2 N–H and O–H groups in total. The number of benzene rings is 2. The van der Waals surface area contributed by atoms with Gasteiger partial charge in [-0.05, 0) is 61.9 Å². The summed E-state index contributed by atoms with van der Waals surface area (Å²) in [6.07, 6.45) is 7.69. The molecule has 2 fully saturated rings. The van der Waals surface area contributed by atoms with Gasteiger partial charge in [-0.1, -0.05) is 37.5 Å². The SMILES string of the molecule is O=C(Nc1cccc(C(=O)N2CCC[C@H](C(=O)NCC3CCCCC3)C2)c1)c1ccccc1F. The Morgan fingerprint density at radius 1 is 0.941 bits per heavy atom. The van der Waals surface area contributed by atoms with Crippen molar-refractivity contribution >= 4 is 23.4 Å². The van der Waals surface area contributed by atoms with Crippen molar-refractivity contribution in [2.45, 2.75) is 44.9 Å². The van der Waals surface area contributed by atoms with Crippen molar-refractivity contribution in [3.63, 3.8) is 0 Å². The van der Waals surface area contributed by atoms with Crippen LogP contribution in [0.4, 0.5) is 10.1 Å². The lowest BCUT2D eigenvalue weighted by Gasteiger charge is -2.32. The van der Waals surface area contributed by atoms with E-state index in [1.54, 1.807) is 35.2 Å². The molecular weight excluding hydrogens is 433 g/mol. The smallest absolute Gasteiger partial charge is 0.258 e. The lowest BCUT2D eigenvalue weighted by molar-refractivity contribution is -0.126. The molecular formula is C27H32FN3O3. The van der Waals surface area contributed by atoms with Gasteiger partial charge in [0.05, 0.1) is 11.5 Å². The summed E-state index contributed by atoms with van der Waals surface area (Å²) in [5.41, 5.74) is 0.782. The fourth-order valence-corrected chi connectivity index (χ4v) is 4.91. The average Bonchev–Trinajstić information content (AvgIpc) is 2.88. The molecule has 2 aliphatic rings. The zero-order chi connectivity index (χ0) is 23.9. The normalized spacial score (nSPS) is 18.9. The first-order valence-corrected chi connectivity index (χ1v) is 12.2. The van der Waals surface area contributed by atoms with Crippen LogP contribution < -0.4 is 10.6 Å². The van der Waals surface area contributed by atoms with E-state index >= 15 is 0 Å². The number of halogens is 1. The minimum absolute atomic E-state index is 0.0361. The molecule has 2 aromatic carbocycles. The molecule has 1 heterocycles. The van der Waals surface area contributed by atoms with E-state index in [-0.39, 0.29) is 23.3 Å². The monoisotopic (exact) mass is 465 g/mol. The number of piperidine rings is 1. The van der Waals surface area contributed by atoms with Gasteiger partial charge in [-0.2, -0.15) is 0 Å². The third-order valence-electron chi connectivity index (χ3n) is 6.85. The number of nitrogens with one attached hydrogen (secondary N) is 2. The van der Waals surface area contributed by atoms with Gasteiger partial charge in [-0.3, -0.25) is 14.4 Å². The quantitative estimate of drug-likeness (QED) is 0.653. The Morgan fingerprint density at radius 3 is 2.53 bits per heavy atom. The molecule has 34 heavy (non-hydrogen) atoms. The first-order valence-electron chi connectivity index (χ1n) is 12.2. The van der Waals surface area contributed by atoms with Crippen molar-refractivity contribution < 1.29 is 18.8 Å². The molecule has 1 saturated carbocycles. The minimum atomic E-state index is -0.603. The van der Waals surface area contributed by atoms with Crippen LogP contribution in [-0.4, -0.2) is 42.3 Å². The van der Waals surface area contributed by atoms with Gasteiger partial charge in [0, 0.05) is 30.9 Å². The number of nitrogens with zero attached hydrogens (tertiary/aromatic N) is 1.